The van der Waals surface area contributed by atoms with Crippen LogP contribution in [0.1, 0.15) is 31.7 Å². The normalized spacial score (nSPS) is 13.0. The first-order valence-electron chi connectivity index (χ1n) is 6.50. The second-order valence-electron chi connectivity index (χ2n) is 4.77. The van der Waals surface area contributed by atoms with E-state index in [0.717, 1.165) is 44.0 Å². The number of hydrogen-bond acceptors (Lipinski definition) is 3. The van der Waals surface area contributed by atoms with Crippen LogP contribution in [0, 0.1) is 12.8 Å². The van der Waals surface area contributed by atoms with Crippen LogP contribution in [-0.4, -0.2) is 29.5 Å². The summed E-state index contributed by atoms with van der Waals surface area (Å²) in [5.41, 5.74) is 7.89. The van der Waals surface area contributed by atoms with Crippen LogP contribution < -0.4 is 5.73 Å². The van der Waals surface area contributed by atoms with Gasteiger partial charge in [0.15, 0.2) is 0 Å². The first-order valence-corrected chi connectivity index (χ1v) is 6.50. The predicted octanol–water partition coefficient (Wildman–Crippen LogP) is 2.20. The molecule has 1 atom stereocenters. The number of nitrogens with zero attached hydrogens (tertiary/aromatic N) is 2. The van der Waals surface area contributed by atoms with E-state index in [1.165, 1.54) is 0 Å². The Morgan fingerprint density at radius 2 is 2.18 bits per heavy atom. The number of rotatable bonds is 7. The summed E-state index contributed by atoms with van der Waals surface area (Å²) in [7, 11) is 0. The molecule has 0 spiro atoms. The highest BCUT2D eigenvalue weighted by Gasteiger charge is 2.07. The van der Waals surface area contributed by atoms with Gasteiger partial charge in [0.25, 0.3) is 0 Å². The molecule has 1 unspecified atom stereocenters. The second-order valence-corrected chi connectivity index (χ2v) is 4.77. The molecule has 1 aromatic heterocycles. The molecule has 2 N–H and O–H groups in total. The Bertz CT molecular complexity index is 325. The molecule has 0 saturated carbocycles. The lowest BCUT2D eigenvalue weighted by molar-refractivity contribution is 0.257. The lowest BCUT2D eigenvalue weighted by atomic mass is 10.1. The molecule has 1 heterocycles. The van der Waals surface area contributed by atoms with Crippen molar-refractivity contribution < 1.29 is 0 Å². The Morgan fingerprint density at radius 1 is 1.41 bits per heavy atom. The largest absolute Gasteiger partial charge is 0.330 e. The molecule has 0 radical (unpaired) electrons. The minimum absolute atomic E-state index is 0.606. The lowest BCUT2D eigenvalue weighted by Crippen LogP contribution is -2.27. The van der Waals surface area contributed by atoms with Gasteiger partial charge < -0.3 is 5.73 Å². The Morgan fingerprint density at radius 3 is 2.76 bits per heavy atom. The predicted molar refractivity (Wildman–Crippen MR) is 72.8 cm³/mol. The van der Waals surface area contributed by atoms with Crippen molar-refractivity contribution in [3.05, 3.63) is 29.6 Å². The van der Waals surface area contributed by atoms with Gasteiger partial charge in [0.2, 0.25) is 0 Å². The zero-order valence-electron chi connectivity index (χ0n) is 11.3. The molecule has 0 amide bonds. The third kappa shape index (κ3) is 5.29. The maximum atomic E-state index is 5.64. The highest BCUT2D eigenvalue weighted by molar-refractivity contribution is 5.09. The minimum Gasteiger partial charge on any atom is -0.330 e. The van der Waals surface area contributed by atoms with Crippen molar-refractivity contribution in [2.45, 2.75) is 33.7 Å². The zero-order valence-corrected chi connectivity index (χ0v) is 11.3. The van der Waals surface area contributed by atoms with Gasteiger partial charge in [-0.1, -0.05) is 19.9 Å². The van der Waals surface area contributed by atoms with Gasteiger partial charge in [-0.3, -0.25) is 9.88 Å². The van der Waals surface area contributed by atoms with E-state index in [-0.39, 0.29) is 0 Å². The molecule has 0 bridgehead atoms. The summed E-state index contributed by atoms with van der Waals surface area (Å²) in [6.07, 6.45) is 1.16. The Kier molecular flexibility index (Phi) is 6.16. The topological polar surface area (TPSA) is 42.1 Å². The average Bonchev–Trinajstić information content (AvgIpc) is 2.34. The smallest absolute Gasteiger partial charge is 0.0547 e. The van der Waals surface area contributed by atoms with Gasteiger partial charge in [-0.15, -0.1) is 0 Å². The number of pyridine rings is 1. The van der Waals surface area contributed by atoms with Gasteiger partial charge >= 0.3 is 0 Å². The van der Waals surface area contributed by atoms with Crippen molar-refractivity contribution in [1.82, 2.24) is 9.88 Å². The maximum Gasteiger partial charge on any atom is 0.0547 e. The van der Waals surface area contributed by atoms with Crippen LogP contribution in [0.4, 0.5) is 0 Å². The number of nitrogens with two attached hydrogens (primary N) is 1. The monoisotopic (exact) mass is 235 g/mol. The van der Waals surface area contributed by atoms with Crippen LogP contribution in [0.2, 0.25) is 0 Å². The van der Waals surface area contributed by atoms with Crippen molar-refractivity contribution in [1.29, 1.82) is 0 Å². The summed E-state index contributed by atoms with van der Waals surface area (Å²) in [5.74, 6) is 0.606. The molecule has 0 fully saturated rings. The second kappa shape index (κ2) is 7.41. The van der Waals surface area contributed by atoms with E-state index in [1.54, 1.807) is 0 Å². The summed E-state index contributed by atoms with van der Waals surface area (Å²) in [4.78, 5) is 6.97. The Hall–Kier alpha value is -0.930. The highest BCUT2D eigenvalue weighted by Crippen LogP contribution is 2.06. The van der Waals surface area contributed by atoms with Crippen molar-refractivity contribution >= 4 is 0 Å². The molecular weight excluding hydrogens is 210 g/mol. The zero-order chi connectivity index (χ0) is 12.7. The molecule has 17 heavy (non-hydrogen) atoms. The Balaban J connectivity index is 2.46. The van der Waals surface area contributed by atoms with Crippen molar-refractivity contribution in [2.75, 3.05) is 19.6 Å². The standard InChI is InChI=1S/C14H25N3/c1-4-17(9-8-12(2)10-15)11-14-7-5-6-13(3)16-14/h5-7,12H,4,8-11,15H2,1-3H3. The summed E-state index contributed by atoms with van der Waals surface area (Å²) in [6, 6.07) is 6.21. The molecular formula is C14H25N3. The first-order chi connectivity index (χ1) is 8.15. The van der Waals surface area contributed by atoms with E-state index in [0.29, 0.717) is 5.92 Å². The third-order valence-corrected chi connectivity index (χ3v) is 3.12. The van der Waals surface area contributed by atoms with Gasteiger partial charge in [-0.2, -0.15) is 0 Å². The number of aromatic nitrogens is 1. The van der Waals surface area contributed by atoms with Crippen LogP contribution in [0.3, 0.4) is 0 Å². The molecule has 0 aliphatic carbocycles. The average molecular weight is 235 g/mol. The third-order valence-electron chi connectivity index (χ3n) is 3.12. The maximum absolute atomic E-state index is 5.64. The first kappa shape index (κ1) is 14.1. The number of hydrogen-bond donors (Lipinski definition) is 1. The van der Waals surface area contributed by atoms with E-state index < -0.39 is 0 Å². The van der Waals surface area contributed by atoms with Crippen molar-refractivity contribution in [3.63, 3.8) is 0 Å². The van der Waals surface area contributed by atoms with Gasteiger partial charge in [0.05, 0.1) is 5.69 Å². The van der Waals surface area contributed by atoms with E-state index >= 15 is 0 Å². The highest BCUT2D eigenvalue weighted by atomic mass is 15.1. The number of aryl methyl sites for hydroxylation is 1. The molecule has 0 aliphatic rings. The van der Waals surface area contributed by atoms with Crippen LogP contribution in [0.25, 0.3) is 0 Å². The molecule has 0 aromatic carbocycles. The quantitative estimate of drug-likeness (QED) is 0.788. The molecule has 0 saturated heterocycles. The van der Waals surface area contributed by atoms with Crippen LogP contribution in [0.15, 0.2) is 18.2 Å². The van der Waals surface area contributed by atoms with Crippen molar-refractivity contribution in [2.24, 2.45) is 11.7 Å². The fraction of sp³-hybridized carbons (Fsp3) is 0.643. The molecule has 3 heteroatoms. The van der Waals surface area contributed by atoms with Crippen molar-refractivity contribution in [3.8, 4) is 0 Å². The van der Waals surface area contributed by atoms with Crippen LogP contribution in [0.5, 0.6) is 0 Å². The fourth-order valence-corrected chi connectivity index (χ4v) is 1.79. The summed E-state index contributed by atoms with van der Waals surface area (Å²) in [5, 5.41) is 0. The molecule has 0 aliphatic heterocycles. The van der Waals surface area contributed by atoms with Gasteiger partial charge in [0.1, 0.15) is 0 Å². The summed E-state index contributed by atoms with van der Waals surface area (Å²) < 4.78 is 0. The van der Waals surface area contributed by atoms with Gasteiger partial charge in [-0.05, 0) is 51.0 Å². The lowest BCUT2D eigenvalue weighted by Gasteiger charge is -2.21. The Labute approximate surface area is 105 Å². The molecule has 96 valence electrons. The summed E-state index contributed by atoms with van der Waals surface area (Å²) in [6.45, 7) is 10.3. The fourth-order valence-electron chi connectivity index (χ4n) is 1.79. The van der Waals surface area contributed by atoms with Gasteiger partial charge in [-0.25, -0.2) is 0 Å². The van der Waals surface area contributed by atoms with E-state index in [4.69, 9.17) is 5.73 Å². The van der Waals surface area contributed by atoms with E-state index in [2.05, 4.69) is 35.9 Å². The van der Waals surface area contributed by atoms with Crippen LogP contribution >= 0.6 is 0 Å². The SMILES string of the molecule is CCN(CCC(C)CN)Cc1cccc(C)n1. The molecule has 3 nitrogen and oxygen atoms in total. The van der Waals surface area contributed by atoms with E-state index in [9.17, 15) is 0 Å². The van der Waals surface area contributed by atoms with Crippen LogP contribution in [-0.2, 0) is 6.54 Å². The van der Waals surface area contributed by atoms with E-state index in [1.807, 2.05) is 13.0 Å². The molecule has 1 rings (SSSR count). The minimum atomic E-state index is 0.606. The van der Waals surface area contributed by atoms with Gasteiger partial charge in [0, 0.05) is 12.2 Å². The molecule has 1 aromatic rings. The summed E-state index contributed by atoms with van der Waals surface area (Å²) >= 11 is 0.